The van der Waals surface area contributed by atoms with E-state index in [1.165, 1.54) is 0 Å². The molecule has 2 atom stereocenters. The molecule has 0 amide bonds. The molecule has 0 aromatic rings. The minimum Gasteiger partial charge on any atom is -0.385 e. The van der Waals surface area contributed by atoms with Crippen LogP contribution in [0.25, 0.3) is 0 Å². The highest BCUT2D eigenvalue weighted by atomic mass is 35.5. The zero-order valence-corrected chi connectivity index (χ0v) is 8.38. The molecule has 0 aliphatic carbocycles. The smallest absolute Gasteiger partial charge is 0.146 e. The summed E-state index contributed by atoms with van der Waals surface area (Å²) in [5, 5.41) is 0. The fourth-order valence-electron chi connectivity index (χ4n) is 1.38. The number of rotatable bonds is 3. The molecule has 1 aliphatic heterocycles. The number of halogens is 1. The van der Waals surface area contributed by atoms with E-state index in [-0.39, 0.29) is 5.56 Å². The van der Waals surface area contributed by atoms with Crippen LogP contribution in [0, 0.1) is 0 Å². The van der Waals surface area contributed by atoms with E-state index in [9.17, 15) is 0 Å². The summed E-state index contributed by atoms with van der Waals surface area (Å²) >= 11 is 5.99. The van der Waals surface area contributed by atoms with Gasteiger partial charge in [-0.2, -0.15) is 0 Å². The molecule has 0 bridgehead atoms. The van der Waals surface area contributed by atoms with E-state index in [1.54, 1.807) is 7.11 Å². The van der Waals surface area contributed by atoms with Gasteiger partial charge in [-0.1, -0.05) is 11.6 Å². The first-order chi connectivity index (χ1) is 5.75. The van der Waals surface area contributed by atoms with Crippen LogP contribution in [0.3, 0.4) is 0 Å². The van der Waals surface area contributed by atoms with Crippen molar-refractivity contribution in [2.24, 2.45) is 0 Å². The van der Waals surface area contributed by atoms with Crippen LogP contribution < -0.4 is 0 Å². The van der Waals surface area contributed by atoms with Crippen LogP contribution in [-0.4, -0.2) is 50.4 Å². The molecule has 1 heterocycles. The summed E-state index contributed by atoms with van der Waals surface area (Å²) in [6, 6.07) is 0.292. The van der Waals surface area contributed by atoms with Gasteiger partial charge in [0.1, 0.15) is 5.56 Å². The molecule has 0 spiro atoms. The molecule has 1 fully saturated rings. The molecule has 0 radical (unpaired) electrons. The van der Waals surface area contributed by atoms with Crippen molar-refractivity contribution in [1.29, 1.82) is 0 Å². The van der Waals surface area contributed by atoms with Gasteiger partial charge in [0.05, 0.1) is 12.6 Å². The van der Waals surface area contributed by atoms with Gasteiger partial charge in [0, 0.05) is 20.3 Å². The Labute approximate surface area is 78.6 Å². The van der Waals surface area contributed by atoms with Crippen LogP contribution >= 0.6 is 11.6 Å². The van der Waals surface area contributed by atoms with Gasteiger partial charge in [-0.15, -0.1) is 0 Å². The van der Waals surface area contributed by atoms with E-state index < -0.39 is 0 Å². The van der Waals surface area contributed by atoms with E-state index in [0.717, 1.165) is 26.2 Å². The molecule has 1 aliphatic rings. The molecular formula is C8H16ClNO2. The number of hydrogen-bond acceptors (Lipinski definition) is 3. The second kappa shape index (κ2) is 5.02. The largest absolute Gasteiger partial charge is 0.385 e. The van der Waals surface area contributed by atoms with Gasteiger partial charge in [0.15, 0.2) is 0 Å². The van der Waals surface area contributed by atoms with Crippen molar-refractivity contribution in [2.75, 3.05) is 33.9 Å². The van der Waals surface area contributed by atoms with Crippen molar-refractivity contribution in [3.8, 4) is 0 Å². The highest BCUT2D eigenvalue weighted by Gasteiger charge is 2.27. The number of methoxy groups -OCH3 is 1. The Bertz CT molecular complexity index is 124. The lowest BCUT2D eigenvalue weighted by Gasteiger charge is -2.35. The summed E-state index contributed by atoms with van der Waals surface area (Å²) in [4.78, 5) is 2.22. The van der Waals surface area contributed by atoms with E-state index in [4.69, 9.17) is 21.1 Å². The molecule has 1 saturated heterocycles. The molecule has 72 valence electrons. The number of nitrogens with zero attached hydrogens (tertiary/aromatic N) is 1. The number of hydrogen-bond donors (Lipinski definition) is 0. The Morgan fingerprint density at radius 2 is 2.42 bits per heavy atom. The summed E-state index contributed by atoms with van der Waals surface area (Å²) in [5.74, 6) is 0. The number of alkyl halides is 1. The van der Waals surface area contributed by atoms with Crippen molar-refractivity contribution in [1.82, 2.24) is 4.90 Å². The molecule has 0 N–H and O–H groups in total. The molecule has 2 unspecified atom stereocenters. The van der Waals surface area contributed by atoms with Crippen molar-refractivity contribution >= 4 is 11.6 Å². The Kier molecular flexibility index (Phi) is 4.29. The number of likely N-dealkylation sites (N-methyl/N-ethyl adjacent to an activating group) is 1. The van der Waals surface area contributed by atoms with Crippen molar-refractivity contribution in [3.63, 3.8) is 0 Å². The van der Waals surface area contributed by atoms with Crippen LogP contribution in [-0.2, 0) is 9.47 Å². The molecule has 12 heavy (non-hydrogen) atoms. The molecule has 0 aromatic heterocycles. The van der Waals surface area contributed by atoms with Crippen molar-refractivity contribution in [3.05, 3.63) is 0 Å². The average molecular weight is 194 g/mol. The molecule has 1 rings (SSSR count). The second-order valence-corrected chi connectivity index (χ2v) is 3.48. The molecular weight excluding hydrogens is 178 g/mol. The normalized spacial score (nSPS) is 32.2. The standard InChI is InChI=1S/C8H16ClNO2/c1-10-4-6-12-8(9)7(10)3-5-11-2/h7-8H,3-6H2,1-2H3. The van der Waals surface area contributed by atoms with Gasteiger partial charge in [0.25, 0.3) is 0 Å². The molecule has 0 saturated carbocycles. The summed E-state index contributed by atoms with van der Waals surface area (Å²) < 4.78 is 10.3. The second-order valence-electron chi connectivity index (χ2n) is 3.05. The molecule has 4 heteroatoms. The minimum absolute atomic E-state index is 0.182. The maximum Gasteiger partial charge on any atom is 0.146 e. The van der Waals surface area contributed by atoms with Gasteiger partial charge in [0.2, 0.25) is 0 Å². The van der Waals surface area contributed by atoms with Gasteiger partial charge >= 0.3 is 0 Å². The predicted molar refractivity (Wildman–Crippen MR) is 48.5 cm³/mol. The van der Waals surface area contributed by atoms with Gasteiger partial charge in [-0.25, -0.2) is 0 Å². The summed E-state index contributed by atoms with van der Waals surface area (Å²) in [6.07, 6.45) is 0.932. The predicted octanol–water partition coefficient (Wildman–Crippen LogP) is 0.918. The minimum atomic E-state index is -0.182. The molecule has 3 nitrogen and oxygen atoms in total. The fourth-order valence-corrected chi connectivity index (χ4v) is 1.78. The zero-order chi connectivity index (χ0) is 8.97. The Morgan fingerprint density at radius 3 is 3.00 bits per heavy atom. The van der Waals surface area contributed by atoms with E-state index in [0.29, 0.717) is 6.04 Å². The highest BCUT2D eigenvalue weighted by Crippen LogP contribution is 2.18. The quantitative estimate of drug-likeness (QED) is 0.623. The van der Waals surface area contributed by atoms with Crippen LogP contribution in [0.4, 0.5) is 0 Å². The van der Waals surface area contributed by atoms with Crippen LogP contribution in [0.15, 0.2) is 0 Å². The maximum atomic E-state index is 5.99. The Hall–Kier alpha value is 0.170. The van der Waals surface area contributed by atoms with Crippen molar-refractivity contribution in [2.45, 2.75) is 18.0 Å². The van der Waals surface area contributed by atoms with Gasteiger partial charge in [-0.3, -0.25) is 4.90 Å². The van der Waals surface area contributed by atoms with Crippen LogP contribution in [0.2, 0.25) is 0 Å². The van der Waals surface area contributed by atoms with E-state index >= 15 is 0 Å². The van der Waals surface area contributed by atoms with Crippen molar-refractivity contribution < 1.29 is 9.47 Å². The highest BCUT2D eigenvalue weighted by molar-refractivity contribution is 6.20. The lowest BCUT2D eigenvalue weighted by molar-refractivity contribution is -0.0282. The summed E-state index contributed by atoms with van der Waals surface area (Å²) in [6.45, 7) is 2.42. The lowest BCUT2D eigenvalue weighted by Crippen LogP contribution is -2.47. The van der Waals surface area contributed by atoms with E-state index in [1.807, 2.05) is 0 Å². The molecule has 0 aromatic carbocycles. The fraction of sp³-hybridized carbons (Fsp3) is 1.00. The third kappa shape index (κ3) is 2.59. The summed E-state index contributed by atoms with van der Waals surface area (Å²) in [5.41, 5.74) is -0.182. The number of morpholine rings is 1. The number of ether oxygens (including phenoxy) is 2. The first-order valence-corrected chi connectivity index (χ1v) is 4.64. The summed E-state index contributed by atoms with van der Waals surface area (Å²) in [7, 11) is 3.77. The zero-order valence-electron chi connectivity index (χ0n) is 7.62. The lowest BCUT2D eigenvalue weighted by atomic mass is 10.2. The monoisotopic (exact) mass is 193 g/mol. The van der Waals surface area contributed by atoms with Crippen LogP contribution in [0.1, 0.15) is 6.42 Å². The Morgan fingerprint density at radius 1 is 1.67 bits per heavy atom. The Balaban J connectivity index is 2.34. The van der Waals surface area contributed by atoms with E-state index in [2.05, 4.69) is 11.9 Å². The van der Waals surface area contributed by atoms with Crippen LogP contribution in [0.5, 0.6) is 0 Å². The third-order valence-electron chi connectivity index (χ3n) is 2.21. The first kappa shape index (κ1) is 10.3. The topological polar surface area (TPSA) is 21.7 Å². The van der Waals surface area contributed by atoms with Gasteiger partial charge in [-0.05, 0) is 13.5 Å². The maximum absolute atomic E-state index is 5.99. The SMILES string of the molecule is COCCC1C(Cl)OCCN1C. The van der Waals surface area contributed by atoms with Gasteiger partial charge < -0.3 is 9.47 Å². The average Bonchev–Trinajstić information content (AvgIpc) is 2.04. The third-order valence-corrected chi connectivity index (χ3v) is 2.62. The first-order valence-electron chi connectivity index (χ1n) is 4.20.